The molecule has 1 heterocycles. The van der Waals surface area contributed by atoms with E-state index in [2.05, 4.69) is 16.0 Å². The molecule has 1 aliphatic carbocycles. The van der Waals surface area contributed by atoms with Gasteiger partial charge in [-0.1, -0.05) is 13.0 Å². The van der Waals surface area contributed by atoms with Crippen molar-refractivity contribution in [3.8, 4) is 5.75 Å². The molecule has 1 aromatic rings. The smallest absolute Gasteiger partial charge is 0.344 e. The topological polar surface area (TPSA) is 93.8 Å². The zero-order valence-corrected chi connectivity index (χ0v) is 11.3. The van der Waals surface area contributed by atoms with Crippen LogP contribution in [-0.2, 0) is 10.2 Å². The second-order valence-corrected chi connectivity index (χ2v) is 6.35. The third-order valence-electron chi connectivity index (χ3n) is 3.47. The Hall–Kier alpha value is -1.76. The third kappa shape index (κ3) is 2.37. The number of rotatable bonds is 3. The van der Waals surface area contributed by atoms with E-state index < -0.39 is 10.2 Å². The fraction of sp³-hybridized carbons (Fsp3) is 0.417. The van der Waals surface area contributed by atoms with E-state index in [9.17, 15) is 8.42 Å². The van der Waals surface area contributed by atoms with Crippen LogP contribution in [0, 0.1) is 11.8 Å². The zero-order chi connectivity index (χ0) is 13.6. The number of nitrogens with zero attached hydrogens (tertiary/aromatic N) is 1. The number of hydrogen-bond acceptors (Lipinski definition) is 4. The van der Waals surface area contributed by atoms with Crippen LogP contribution in [0.4, 0.5) is 5.69 Å². The quantitative estimate of drug-likeness (QED) is 0.867. The summed E-state index contributed by atoms with van der Waals surface area (Å²) >= 11 is 0. The highest BCUT2D eigenvalue weighted by Gasteiger charge is 2.33. The van der Waals surface area contributed by atoms with Crippen molar-refractivity contribution in [2.45, 2.75) is 13.3 Å². The Balaban J connectivity index is 1.91. The fourth-order valence-electron chi connectivity index (χ4n) is 2.17. The number of nitrogens with one attached hydrogen (secondary N) is 1. The Bertz CT molecular complexity index is 654. The number of nitrogens with two attached hydrogens (primary N) is 1. The van der Waals surface area contributed by atoms with Gasteiger partial charge in [0.2, 0.25) is 0 Å². The average Bonchev–Trinajstić information content (AvgIpc) is 3.00. The number of ether oxygens (including phenoxy) is 1. The maximum absolute atomic E-state index is 11.4. The average molecular weight is 281 g/mol. The summed E-state index contributed by atoms with van der Waals surface area (Å²) < 4.78 is 34.4. The van der Waals surface area contributed by atoms with Crippen LogP contribution < -0.4 is 15.2 Å². The summed E-state index contributed by atoms with van der Waals surface area (Å²) in [6.07, 6.45) is 1.17. The first-order valence-electron chi connectivity index (χ1n) is 6.10. The van der Waals surface area contributed by atoms with Gasteiger partial charge in [0.05, 0.1) is 17.9 Å². The lowest BCUT2D eigenvalue weighted by Gasteiger charge is -2.19. The summed E-state index contributed by atoms with van der Waals surface area (Å²) in [6, 6.07) is 5.14. The first-order valence-corrected chi connectivity index (χ1v) is 7.54. The number of benzene rings is 1. The summed E-state index contributed by atoms with van der Waals surface area (Å²) in [4.78, 5) is 0. The Morgan fingerprint density at radius 3 is 2.95 bits per heavy atom. The second kappa shape index (κ2) is 4.12. The van der Waals surface area contributed by atoms with E-state index in [0.29, 0.717) is 35.4 Å². The van der Waals surface area contributed by atoms with Crippen molar-refractivity contribution in [1.82, 2.24) is 0 Å². The third-order valence-corrected chi connectivity index (χ3v) is 4.38. The van der Waals surface area contributed by atoms with Gasteiger partial charge >= 0.3 is 10.2 Å². The molecular formula is C12H15N3O3S. The van der Waals surface area contributed by atoms with E-state index in [1.165, 1.54) is 6.42 Å². The van der Waals surface area contributed by atoms with Gasteiger partial charge in [-0.25, -0.2) is 0 Å². The number of anilines is 1. The molecule has 1 saturated carbocycles. The number of fused-ring (bicyclic) bond motifs is 1. The van der Waals surface area contributed by atoms with Crippen molar-refractivity contribution in [2.75, 3.05) is 11.3 Å². The Kier molecular flexibility index (Phi) is 2.67. The van der Waals surface area contributed by atoms with Gasteiger partial charge in [-0.3, -0.25) is 4.72 Å². The molecule has 1 aliphatic heterocycles. The normalized spacial score (nSPS) is 26.9. The zero-order valence-electron chi connectivity index (χ0n) is 10.5. The molecule has 19 heavy (non-hydrogen) atoms. The maximum atomic E-state index is 11.4. The highest BCUT2D eigenvalue weighted by molar-refractivity contribution is 7.91. The molecule has 0 amide bonds. The van der Waals surface area contributed by atoms with Crippen LogP contribution in [0.3, 0.4) is 0 Å². The predicted octanol–water partition coefficient (Wildman–Crippen LogP) is 1.10. The molecule has 3 rings (SSSR count). The highest BCUT2D eigenvalue weighted by atomic mass is 32.2. The molecule has 0 saturated heterocycles. The van der Waals surface area contributed by atoms with Gasteiger partial charge in [-0.05, 0) is 30.4 Å². The molecule has 102 valence electrons. The molecule has 0 radical (unpaired) electrons. The van der Waals surface area contributed by atoms with Gasteiger partial charge in [0.15, 0.2) is 5.84 Å². The van der Waals surface area contributed by atoms with E-state index in [4.69, 9.17) is 10.5 Å². The van der Waals surface area contributed by atoms with Crippen LogP contribution in [0.15, 0.2) is 22.6 Å². The lowest BCUT2D eigenvalue weighted by Crippen LogP contribution is -2.27. The Labute approximate surface area is 111 Å². The van der Waals surface area contributed by atoms with Crippen molar-refractivity contribution in [3.05, 3.63) is 23.8 Å². The molecule has 6 nitrogen and oxygen atoms in total. The van der Waals surface area contributed by atoms with Crippen LogP contribution in [-0.4, -0.2) is 20.9 Å². The van der Waals surface area contributed by atoms with Gasteiger partial charge in [-0.15, -0.1) is 4.40 Å². The van der Waals surface area contributed by atoms with E-state index in [1.807, 2.05) is 0 Å². The number of hydrogen-bond donors (Lipinski definition) is 2. The lowest BCUT2D eigenvalue weighted by molar-refractivity contribution is 0.293. The molecule has 2 unspecified atom stereocenters. The minimum Gasteiger partial charge on any atom is -0.492 e. The molecule has 3 N–H and O–H groups in total. The fourth-order valence-corrected chi connectivity index (χ4v) is 3.01. The molecule has 0 bridgehead atoms. The summed E-state index contributed by atoms with van der Waals surface area (Å²) in [5, 5.41) is 0. The predicted molar refractivity (Wildman–Crippen MR) is 72.5 cm³/mol. The highest BCUT2D eigenvalue weighted by Crippen LogP contribution is 2.39. The van der Waals surface area contributed by atoms with E-state index in [0.717, 1.165) is 0 Å². The van der Waals surface area contributed by atoms with Crippen molar-refractivity contribution in [3.63, 3.8) is 0 Å². The first-order chi connectivity index (χ1) is 8.96. The van der Waals surface area contributed by atoms with Crippen LogP contribution >= 0.6 is 0 Å². The molecular weight excluding hydrogens is 266 g/mol. The SMILES string of the molecule is CC1CC1COc1cccc2c1C(N)=NS(=O)(=O)N2. The van der Waals surface area contributed by atoms with Crippen LogP contribution in [0.1, 0.15) is 18.9 Å². The van der Waals surface area contributed by atoms with Crippen LogP contribution in [0.2, 0.25) is 0 Å². The Morgan fingerprint density at radius 1 is 1.53 bits per heavy atom. The summed E-state index contributed by atoms with van der Waals surface area (Å²) in [6.45, 7) is 2.80. The maximum Gasteiger partial charge on any atom is 0.344 e. The van der Waals surface area contributed by atoms with E-state index >= 15 is 0 Å². The molecule has 1 fully saturated rings. The molecule has 7 heteroatoms. The minimum absolute atomic E-state index is 0.0341. The van der Waals surface area contributed by atoms with Crippen molar-refractivity contribution in [2.24, 2.45) is 22.0 Å². The second-order valence-electron chi connectivity index (χ2n) is 5.02. The molecule has 0 spiro atoms. The van der Waals surface area contributed by atoms with E-state index in [1.54, 1.807) is 18.2 Å². The van der Waals surface area contributed by atoms with Gasteiger partial charge in [-0.2, -0.15) is 8.42 Å². The molecule has 0 aromatic heterocycles. The summed E-state index contributed by atoms with van der Waals surface area (Å²) in [5.41, 5.74) is 6.65. The minimum atomic E-state index is -3.73. The van der Waals surface area contributed by atoms with Gasteiger partial charge in [0.1, 0.15) is 5.75 Å². The summed E-state index contributed by atoms with van der Waals surface area (Å²) in [5.74, 6) is 1.81. The van der Waals surface area contributed by atoms with Gasteiger partial charge in [0, 0.05) is 0 Å². The van der Waals surface area contributed by atoms with Gasteiger partial charge < -0.3 is 10.5 Å². The Morgan fingerprint density at radius 2 is 2.26 bits per heavy atom. The monoisotopic (exact) mass is 281 g/mol. The molecule has 1 aromatic carbocycles. The van der Waals surface area contributed by atoms with Crippen LogP contribution in [0.5, 0.6) is 5.75 Å². The van der Waals surface area contributed by atoms with Crippen molar-refractivity contribution >= 4 is 21.7 Å². The van der Waals surface area contributed by atoms with Gasteiger partial charge in [0.25, 0.3) is 0 Å². The van der Waals surface area contributed by atoms with Crippen molar-refractivity contribution in [1.29, 1.82) is 0 Å². The van der Waals surface area contributed by atoms with E-state index in [-0.39, 0.29) is 5.84 Å². The van der Waals surface area contributed by atoms with Crippen molar-refractivity contribution < 1.29 is 13.2 Å². The van der Waals surface area contributed by atoms with Crippen LogP contribution in [0.25, 0.3) is 0 Å². The number of amidine groups is 1. The standard InChI is InChI=1S/C12H15N3O3S/c1-7-5-8(7)6-18-10-4-2-3-9-11(10)12(13)15-19(16,17)14-9/h2-4,7-8,14H,5-6H2,1H3,(H2,13,15). The first kappa shape index (κ1) is 12.3. The largest absolute Gasteiger partial charge is 0.492 e. The lowest BCUT2D eigenvalue weighted by atomic mass is 10.1. The summed E-state index contributed by atoms with van der Waals surface area (Å²) in [7, 11) is -3.73. The molecule has 2 atom stereocenters. The molecule has 2 aliphatic rings.